The monoisotopic (exact) mass is 406 g/mol. The minimum absolute atomic E-state index is 0.0298. The maximum absolute atomic E-state index is 14.7. The summed E-state index contributed by atoms with van der Waals surface area (Å²) in [5.41, 5.74) is 3.77. The average molecular weight is 406 g/mol. The molecule has 152 valence electrons. The van der Waals surface area contributed by atoms with Crippen LogP contribution in [0.25, 0.3) is 16.9 Å². The summed E-state index contributed by atoms with van der Waals surface area (Å²) in [6.07, 6.45) is 3.56. The van der Waals surface area contributed by atoms with E-state index in [1.54, 1.807) is 12.4 Å². The number of hydrogen-bond donors (Lipinski definition) is 1. The number of benzene rings is 1. The molecule has 2 aliphatic heterocycles. The Balaban J connectivity index is 1.50. The van der Waals surface area contributed by atoms with Crippen molar-refractivity contribution in [2.75, 3.05) is 18.5 Å². The van der Waals surface area contributed by atoms with Crippen LogP contribution in [0, 0.1) is 5.82 Å². The van der Waals surface area contributed by atoms with Gasteiger partial charge < -0.3 is 14.8 Å². The highest BCUT2D eigenvalue weighted by Crippen LogP contribution is 2.41. The van der Waals surface area contributed by atoms with E-state index in [4.69, 9.17) is 9.47 Å². The summed E-state index contributed by atoms with van der Waals surface area (Å²) in [5.74, 6) is 1.78. The van der Waals surface area contributed by atoms with Crippen molar-refractivity contribution in [3.8, 4) is 22.8 Å². The molecule has 0 spiro atoms. The van der Waals surface area contributed by atoms with Crippen LogP contribution in [0.5, 0.6) is 11.5 Å². The smallest absolute Gasteiger partial charge is 0.171 e. The highest BCUT2D eigenvalue weighted by Gasteiger charge is 2.31. The zero-order valence-electron chi connectivity index (χ0n) is 16.3. The minimum atomic E-state index is -0.248. The van der Waals surface area contributed by atoms with Crippen LogP contribution < -0.4 is 14.8 Å². The van der Waals surface area contributed by atoms with Crippen molar-refractivity contribution in [3.63, 3.8) is 0 Å². The summed E-state index contributed by atoms with van der Waals surface area (Å²) in [6, 6.07) is 7.03. The van der Waals surface area contributed by atoms with Crippen molar-refractivity contribution >= 4 is 11.5 Å². The molecule has 4 aromatic rings. The minimum Gasteiger partial charge on any atom is -0.493 e. The standard InChI is InChI=1S/C21H19FN6O2/c1-2-27-6-5-16(26-27)13-7-18-21(28-11-24-25-20(13)28)23-8-14-15(22)3-4-17-19(14)12(9-29-17)10-30-18/h3-7,11-12,23H,2,8-10H2,1H3/t12-/m1/s1. The van der Waals surface area contributed by atoms with Crippen LogP contribution in [0.1, 0.15) is 24.0 Å². The summed E-state index contributed by atoms with van der Waals surface area (Å²) in [6.45, 7) is 3.98. The van der Waals surface area contributed by atoms with Gasteiger partial charge in [0.25, 0.3) is 0 Å². The van der Waals surface area contributed by atoms with Crippen molar-refractivity contribution in [1.29, 1.82) is 0 Å². The molecule has 1 aromatic carbocycles. The van der Waals surface area contributed by atoms with Gasteiger partial charge in [-0.1, -0.05) is 0 Å². The summed E-state index contributed by atoms with van der Waals surface area (Å²) in [4.78, 5) is 0. The summed E-state index contributed by atoms with van der Waals surface area (Å²) in [7, 11) is 0. The van der Waals surface area contributed by atoms with Crippen LogP contribution in [-0.4, -0.2) is 37.6 Å². The number of fused-ring (bicyclic) bond motifs is 3. The number of halogens is 1. The Labute approximate surface area is 171 Å². The van der Waals surface area contributed by atoms with E-state index in [0.717, 1.165) is 29.1 Å². The van der Waals surface area contributed by atoms with Crippen LogP contribution in [0.15, 0.2) is 36.8 Å². The van der Waals surface area contributed by atoms with E-state index in [-0.39, 0.29) is 11.7 Å². The fourth-order valence-electron chi connectivity index (χ4n) is 4.25. The van der Waals surface area contributed by atoms with E-state index in [1.165, 1.54) is 6.07 Å². The number of nitrogens with one attached hydrogen (secondary N) is 1. The van der Waals surface area contributed by atoms with Crippen LogP contribution in [-0.2, 0) is 13.1 Å². The third-order valence-corrected chi connectivity index (χ3v) is 5.76. The molecule has 0 fully saturated rings. The second kappa shape index (κ2) is 6.45. The van der Waals surface area contributed by atoms with Gasteiger partial charge in [-0.25, -0.2) is 4.39 Å². The Hall–Kier alpha value is -3.62. The van der Waals surface area contributed by atoms with E-state index in [0.29, 0.717) is 42.5 Å². The van der Waals surface area contributed by atoms with Crippen molar-refractivity contribution in [2.45, 2.75) is 25.9 Å². The summed E-state index contributed by atoms with van der Waals surface area (Å²) >= 11 is 0. The largest absolute Gasteiger partial charge is 0.493 e. The van der Waals surface area contributed by atoms with E-state index in [1.807, 2.05) is 34.3 Å². The number of nitrogens with zero attached hydrogens (tertiary/aromatic N) is 5. The number of pyridine rings is 1. The van der Waals surface area contributed by atoms with Crippen molar-refractivity contribution in [2.24, 2.45) is 0 Å². The molecule has 0 radical (unpaired) electrons. The first-order valence-electron chi connectivity index (χ1n) is 9.94. The second-order valence-electron chi connectivity index (χ2n) is 7.46. The Morgan fingerprint density at radius 1 is 1.20 bits per heavy atom. The van der Waals surface area contributed by atoms with Crippen LogP contribution in [0.4, 0.5) is 10.2 Å². The van der Waals surface area contributed by atoms with Gasteiger partial charge in [0, 0.05) is 30.4 Å². The van der Waals surface area contributed by atoms with Crippen LogP contribution in [0.2, 0.25) is 0 Å². The van der Waals surface area contributed by atoms with E-state index >= 15 is 0 Å². The molecule has 1 atom stereocenters. The Kier molecular flexibility index (Phi) is 3.71. The summed E-state index contributed by atoms with van der Waals surface area (Å²) in [5, 5.41) is 16.3. The van der Waals surface area contributed by atoms with Gasteiger partial charge in [0.1, 0.15) is 17.9 Å². The second-order valence-corrected chi connectivity index (χ2v) is 7.46. The third kappa shape index (κ3) is 2.47. The molecule has 5 heterocycles. The molecule has 0 saturated carbocycles. The van der Waals surface area contributed by atoms with Crippen molar-refractivity contribution < 1.29 is 13.9 Å². The maximum atomic E-state index is 14.7. The molecule has 6 rings (SSSR count). The Bertz CT molecular complexity index is 1280. The molecular formula is C21H19FN6O2. The number of aromatic nitrogens is 5. The highest BCUT2D eigenvalue weighted by atomic mass is 19.1. The normalized spacial score (nSPS) is 17.2. The third-order valence-electron chi connectivity index (χ3n) is 5.76. The lowest BCUT2D eigenvalue weighted by Crippen LogP contribution is -2.13. The van der Waals surface area contributed by atoms with Gasteiger partial charge in [-0.05, 0) is 31.2 Å². The van der Waals surface area contributed by atoms with Gasteiger partial charge in [0.2, 0.25) is 0 Å². The summed E-state index contributed by atoms with van der Waals surface area (Å²) < 4.78 is 30.4. The van der Waals surface area contributed by atoms with Gasteiger partial charge in [-0.3, -0.25) is 9.08 Å². The lowest BCUT2D eigenvalue weighted by Gasteiger charge is -2.16. The number of ether oxygens (including phenoxy) is 2. The fourth-order valence-corrected chi connectivity index (χ4v) is 4.25. The predicted octanol–water partition coefficient (Wildman–Crippen LogP) is 3.23. The maximum Gasteiger partial charge on any atom is 0.171 e. The zero-order valence-corrected chi connectivity index (χ0v) is 16.3. The number of aryl methyl sites for hydroxylation is 1. The molecule has 2 aliphatic rings. The first-order valence-corrected chi connectivity index (χ1v) is 9.94. The average Bonchev–Trinajstić information content (AvgIpc) is 3.50. The molecule has 0 aliphatic carbocycles. The Morgan fingerprint density at radius 2 is 2.07 bits per heavy atom. The number of hydrogen-bond acceptors (Lipinski definition) is 6. The molecular weight excluding hydrogens is 387 g/mol. The molecule has 9 heteroatoms. The van der Waals surface area contributed by atoms with E-state index in [9.17, 15) is 4.39 Å². The molecule has 3 aromatic heterocycles. The zero-order chi connectivity index (χ0) is 20.2. The molecule has 1 N–H and O–H groups in total. The van der Waals surface area contributed by atoms with Gasteiger partial charge >= 0.3 is 0 Å². The quantitative estimate of drug-likeness (QED) is 0.551. The van der Waals surface area contributed by atoms with Crippen LogP contribution >= 0.6 is 0 Å². The van der Waals surface area contributed by atoms with Gasteiger partial charge in [0.05, 0.1) is 30.4 Å². The van der Waals surface area contributed by atoms with Crippen molar-refractivity contribution in [1.82, 2.24) is 24.4 Å². The lowest BCUT2D eigenvalue weighted by atomic mass is 9.96. The van der Waals surface area contributed by atoms with E-state index in [2.05, 4.69) is 20.6 Å². The van der Waals surface area contributed by atoms with E-state index < -0.39 is 0 Å². The Morgan fingerprint density at radius 3 is 2.90 bits per heavy atom. The number of anilines is 1. The van der Waals surface area contributed by atoms with Crippen LogP contribution in [0.3, 0.4) is 0 Å². The highest BCUT2D eigenvalue weighted by molar-refractivity contribution is 5.80. The van der Waals surface area contributed by atoms with Crippen molar-refractivity contribution in [3.05, 3.63) is 53.7 Å². The molecule has 0 unspecified atom stereocenters. The molecule has 0 saturated heterocycles. The first-order chi connectivity index (χ1) is 14.7. The fraction of sp³-hybridized carbons (Fsp3) is 0.286. The number of rotatable bonds is 2. The predicted molar refractivity (Wildman–Crippen MR) is 107 cm³/mol. The van der Waals surface area contributed by atoms with Gasteiger partial charge in [0.15, 0.2) is 17.2 Å². The molecule has 30 heavy (non-hydrogen) atoms. The van der Waals surface area contributed by atoms with Gasteiger partial charge in [-0.15, -0.1) is 10.2 Å². The molecule has 0 amide bonds. The SMILES string of the molecule is CCn1ccc(-c2cc3c(n4cnnc24)NCc2c(F)ccc4c2[C@H](CO4)CO3)n1. The lowest BCUT2D eigenvalue weighted by molar-refractivity contribution is 0.249. The van der Waals surface area contributed by atoms with Gasteiger partial charge in [-0.2, -0.15) is 5.10 Å². The molecule has 8 nitrogen and oxygen atoms in total. The molecule has 0 bridgehead atoms. The first kappa shape index (κ1) is 17.3. The topological polar surface area (TPSA) is 78.5 Å².